The van der Waals surface area contributed by atoms with Crippen LogP contribution < -0.4 is 10.2 Å². The molecule has 2 fully saturated rings. The molecule has 2 aliphatic rings. The highest BCUT2D eigenvalue weighted by atomic mass is 16.5. The Hall–Kier alpha value is -1.59. The lowest BCUT2D eigenvalue weighted by Crippen LogP contribution is -2.45. The number of morpholine rings is 1. The molecule has 1 aliphatic heterocycles. The van der Waals surface area contributed by atoms with Gasteiger partial charge in [0.05, 0.1) is 30.2 Å². The summed E-state index contributed by atoms with van der Waals surface area (Å²) in [4.78, 5) is 14.7. The molecule has 5 nitrogen and oxygen atoms in total. The van der Waals surface area contributed by atoms with Crippen molar-refractivity contribution >= 4 is 17.3 Å². The van der Waals surface area contributed by atoms with Crippen molar-refractivity contribution in [3.8, 4) is 0 Å². The van der Waals surface area contributed by atoms with Gasteiger partial charge in [-0.1, -0.05) is 12.1 Å². The maximum atomic E-state index is 12.4. The van der Waals surface area contributed by atoms with Crippen molar-refractivity contribution in [3.63, 3.8) is 0 Å². The lowest BCUT2D eigenvalue weighted by atomic mass is 10.1. The highest BCUT2D eigenvalue weighted by Crippen LogP contribution is 2.30. The molecule has 1 amide bonds. The van der Waals surface area contributed by atoms with E-state index in [1.165, 1.54) is 12.8 Å². The SMILES string of the molecule is CC1CN(c2ccccc2NC(=O)C(C)OCC2CC2)CC(C)O1. The van der Waals surface area contributed by atoms with Crippen LogP contribution in [0.4, 0.5) is 11.4 Å². The summed E-state index contributed by atoms with van der Waals surface area (Å²) < 4.78 is 11.5. The first-order valence-corrected chi connectivity index (χ1v) is 8.95. The van der Waals surface area contributed by atoms with Gasteiger partial charge < -0.3 is 19.7 Å². The normalized spacial score (nSPS) is 25.4. The molecule has 1 saturated carbocycles. The summed E-state index contributed by atoms with van der Waals surface area (Å²) in [7, 11) is 0. The van der Waals surface area contributed by atoms with Gasteiger partial charge in [0.2, 0.25) is 0 Å². The molecule has 3 rings (SSSR count). The van der Waals surface area contributed by atoms with Crippen LogP contribution in [0, 0.1) is 5.92 Å². The average Bonchev–Trinajstić information content (AvgIpc) is 3.36. The second kappa shape index (κ2) is 7.53. The highest BCUT2D eigenvalue weighted by molar-refractivity contribution is 5.97. The molecule has 3 atom stereocenters. The molecule has 5 heteroatoms. The summed E-state index contributed by atoms with van der Waals surface area (Å²) >= 11 is 0. The van der Waals surface area contributed by atoms with Crippen LogP contribution in [0.15, 0.2) is 24.3 Å². The number of carbonyl (C=O) groups excluding carboxylic acids is 1. The fraction of sp³-hybridized carbons (Fsp3) is 0.632. The van der Waals surface area contributed by atoms with Gasteiger partial charge in [-0.25, -0.2) is 0 Å². The van der Waals surface area contributed by atoms with Gasteiger partial charge in [0.25, 0.3) is 5.91 Å². The standard InChI is InChI=1S/C19H28N2O3/c1-13-10-21(11-14(2)24-13)18-7-5-4-6-17(18)20-19(22)15(3)23-12-16-8-9-16/h4-7,13-16H,8-12H2,1-3H3,(H,20,22). The molecular formula is C19H28N2O3. The summed E-state index contributed by atoms with van der Waals surface area (Å²) in [6, 6.07) is 7.95. The van der Waals surface area contributed by atoms with Crippen LogP contribution in [-0.4, -0.2) is 43.9 Å². The number of nitrogens with one attached hydrogen (secondary N) is 1. The zero-order valence-corrected chi connectivity index (χ0v) is 14.8. The molecule has 3 unspecified atom stereocenters. The van der Waals surface area contributed by atoms with Gasteiger partial charge in [0.1, 0.15) is 6.10 Å². The topological polar surface area (TPSA) is 50.8 Å². The Balaban J connectivity index is 1.65. The van der Waals surface area contributed by atoms with Crippen molar-refractivity contribution < 1.29 is 14.3 Å². The average molecular weight is 332 g/mol. The third kappa shape index (κ3) is 4.48. The number of hydrogen-bond acceptors (Lipinski definition) is 4. The van der Waals surface area contributed by atoms with Crippen molar-refractivity contribution in [2.75, 3.05) is 29.9 Å². The number of carbonyl (C=O) groups is 1. The summed E-state index contributed by atoms with van der Waals surface area (Å²) in [5, 5.41) is 3.03. The molecule has 24 heavy (non-hydrogen) atoms. The minimum atomic E-state index is -0.429. The van der Waals surface area contributed by atoms with E-state index < -0.39 is 6.10 Å². The van der Waals surface area contributed by atoms with E-state index in [9.17, 15) is 4.79 Å². The second-order valence-electron chi connectivity index (χ2n) is 7.09. The van der Waals surface area contributed by atoms with Crippen LogP contribution >= 0.6 is 0 Å². The fourth-order valence-corrected chi connectivity index (χ4v) is 3.10. The molecule has 1 saturated heterocycles. The minimum absolute atomic E-state index is 0.0857. The van der Waals surface area contributed by atoms with Gasteiger partial charge in [-0.05, 0) is 51.7 Å². The highest BCUT2D eigenvalue weighted by Gasteiger charge is 2.26. The Kier molecular flexibility index (Phi) is 5.41. The predicted molar refractivity (Wildman–Crippen MR) is 95.4 cm³/mol. The zero-order valence-electron chi connectivity index (χ0n) is 14.8. The van der Waals surface area contributed by atoms with E-state index >= 15 is 0 Å². The van der Waals surface area contributed by atoms with Crippen LogP contribution in [0.2, 0.25) is 0 Å². The molecule has 132 valence electrons. The van der Waals surface area contributed by atoms with Gasteiger partial charge in [0.15, 0.2) is 0 Å². The van der Waals surface area contributed by atoms with Crippen molar-refractivity contribution in [2.45, 2.75) is 51.9 Å². The van der Waals surface area contributed by atoms with Gasteiger partial charge in [-0.3, -0.25) is 4.79 Å². The van der Waals surface area contributed by atoms with Crippen LogP contribution in [-0.2, 0) is 14.3 Å². The Labute approximate surface area is 144 Å². The van der Waals surface area contributed by atoms with Gasteiger partial charge in [0, 0.05) is 13.1 Å². The molecule has 0 radical (unpaired) electrons. The fourth-order valence-electron chi connectivity index (χ4n) is 3.10. The molecule has 1 aromatic rings. The smallest absolute Gasteiger partial charge is 0.253 e. The van der Waals surface area contributed by atoms with E-state index in [0.717, 1.165) is 24.5 Å². The number of benzene rings is 1. The molecule has 0 aromatic heterocycles. The summed E-state index contributed by atoms with van der Waals surface area (Å²) in [5.41, 5.74) is 1.88. The van der Waals surface area contributed by atoms with E-state index in [4.69, 9.17) is 9.47 Å². The molecule has 0 bridgehead atoms. The van der Waals surface area contributed by atoms with Gasteiger partial charge >= 0.3 is 0 Å². The Morgan fingerprint density at radius 2 is 1.96 bits per heavy atom. The van der Waals surface area contributed by atoms with Crippen LogP contribution in [0.25, 0.3) is 0 Å². The van der Waals surface area contributed by atoms with Crippen LogP contribution in [0.3, 0.4) is 0 Å². The van der Waals surface area contributed by atoms with Crippen LogP contribution in [0.1, 0.15) is 33.6 Å². The van der Waals surface area contributed by atoms with E-state index in [2.05, 4.69) is 30.1 Å². The maximum Gasteiger partial charge on any atom is 0.253 e. The number of rotatable bonds is 6. The molecule has 1 aliphatic carbocycles. The third-order valence-electron chi connectivity index (χ3n) is 4.57. The Morgan fingerprint density at radius 3 is 2.62 bits per heavy atom. The quantitative estimate of drug-likeness (QED) is 0.870. The maximum absolute atomic E-state index is 12.4. The number of amides is 1. The van der Waals surface area contributed by atoms with E-state index in [-0.39, 0.29) is 18.1 Å². The van der Waals surface area contributed by atoms with Gasteiger partial charge in [-0.15, -0.1) is 0 Å². The van der Waals surface area contributed by atoms with E-state index in [1.54, 1.807) is 0 Å². The Bertz CT molecular complexity index is 563. The molecule has 1 heterocycles. The summed E-state index contributed by atoms with van der Waals surface area (Å²) in [6.07, 6.45) is 2.38. The molecule has 1 N–H and O–H groups in total. The van der Waals surface area contributed by atoms with Crippen LogP contribution in [0.5, 0.6) is 0 Å². The van der Waals surface area contributed by atoms with Crippen molar-refractivity contribution in [1.82, 2.24) is 0 Å². The zero-order chi connectivity index (χ0) is 17.1. The first kappa shape index (κ1) is 17.2. The lowest BCUT2D eigenvalue weighted by molar-refractivity contribution is -0.126. The lowest BCUT2D eigenvalue weighted by Gasteiger charge is -2.37. The number of ether oxygens (including phenoxy) is 2. The molecule has 0 spiro atoms. The number of para-hydroxylation sites is 2. The molecular weight excluding hydrogens is 304 g/mol. The second-order valence-corrected chi connectivity index (χ2v) is 7.09. The van der Waals surface area contributed by atoms with E-state index in [1.807, 2.05) is 25.1 Å². The predicted octanol–water partition coefficient (Wildman–Crippen LogP) is 3.05. The largest absolute Gasteiger partial charge is 0.372 e. The number of hydrogen-bond donors (Lipinski definition) is 1. The van der Waals surface area contributed by atoms with Crippen molar-refractivity contribution in [2.24, 2.45) is 5.92 Å². The molecule has 1 aromatic carbocycles. The van der Waals surface area contributed by atoms with E-state index in [0.29, 0.717) is 12.5 Å². The van der Waals surface area contributed by atoms with Crippen molar-refractivity contribution in [3.05, 3.63) is 24.3 Å². The van der Waals surface area contributed by atoms with Crippen molar-refractivity contribution in [1.29, 1.82) is 0 Å². The first-order valence-electron chi connectivity index (χ1n) is 8.95. The monoisotopic (exact) mass is 332 g/mol. The first-order chi connectivity index (χ1) is 11.5. The minimum Gasteiger partial charge on any atom is -0.372 e. The number of nitrogens with zero attached hydrogens (tertiary/aromatic N) is 1. The number of anilines is 2. The van der Waals surface area contributed by atoms with Gasteiger partial charge in [-0.2, -0.15) is 0 Å². The summed E-state index contributed by atoms with van der Waals surface area (Å²) in [6.45, 7) is 8.32. The summed E-state index contributed by atoms with van der Waals surface area (Å²) in [5.74, 6) is 0.571. The third-order valence-corrected chi connectivity index (χ3v) is 4.57. The Morgan fingerprint density at radius 1 is 1.29 bits per heavy atom.